The number of methoxy groups -OCH3 is 1. The number of ether oxygens (including phenoxy) is 2. The van der Waals surface area contributed by atoms with Gasteiger partial charge in [-0.2, -0.15) is 0 Å². The van der Waals surface area contributed by atoms with Crippen LogP contribution in [0.2, 0.25) is 0 Å². The van der Waals surface area contributed by atoms with Crippen LogP contribution in [0.25, 0.3) is 0 Å². The normalized spacial score (nSPS) is 21.2. The lowest BCUT2D eigenvalue weighted by molar-refractivity contribution is -0.148. The topological polar surface area (TPSA) is 102 Å². The summed E-state index contributed by atoms with van der Waals surface area (Å²) in [6, 6.07) is 6.73. The number of carbonyl (C=O) groups excluding carboxylic acids is 4. The first-order chi connectivity index (χ1) is 13.5. The summed E-state index contributed by atoms with van der Waals surface area (Å²) in [4.78, 5) is 49.7. The molecule has 0 aromatic heterocycles. The standard InChI is InChI=1S/C20H24N2O6/c1-27-14-8-6-13(7-9-14)21-17(23)12-28-18(24)10-11-22-19(25)15-4-2-3-5-16(15)20(22)26/h6-9,15-16H,2-5,10-12H2,1H3,(H,21,23)/t15-,16+. The Morgan fingerprint density at radius 3 is 2.25 bits per heavy atom. The van der Waals surface area contributed by atoms with Crippen LogP contribution in [0.3, 0.4) is 0 Å². The van der Waals surface area contributed by atoms with Gasteiger partial charge in [0.2, 0.25) is 11.8 Å². The highest BCUT2D eigenvalue weighted by molar-refractivity contribution is 6.05. The molecule has 8 heteroatoms. The summed E-state index contributed by atoms with van der Waals surface area (Å²) in [6.45, 7) is -0.429. The number of hydrogen-bond acceptors (Lipinski definition) is 6. The van der Waals surface area contributed by atoms with Gasteiger partial charge in [0.25, 0.3) is 5.91 Å². The summed E-state index contributed by atoms with van der Waals surface area (Å²) >= 11 is 0. The molecule has 1 aromatic rings. The van der Waals surface area contributed by atoms with Gasteiger partial charge in [-0.15, -0.1) is 0 Å². The Morgan fingerprint density at radius 1 is 1.07 bits per heavy atom. The van der Waals surface area contributed by atoms with Crippen LogP contribution in [-0.4, -0.2) is 48.9 Å². The molecule has 150 valence electrons. The molecule has 0 unspecified atom stereocenters. The Hall–Kier alpha value is -2.90. The fourth-order valence-corrected chi connectivity index (χ4v) is 3.74. The summed E-state index contributed by atoms with van der Waals surface area (Å²) in [5.41, 5.74) is 0.553. The van der Waals surface area contributed by atoms with Crippen molar-refractivity contribution >= 4 is 29.4 Å². The van der Waals surface area contributed by atoms with Crippen molar-refractivity contribution in [1.29, 1.82) is 0 Å². The third-order valence-corrected chi connectivity index (χ3v) is 5.21. The van der Waals surface area contributed by atoms with Crippen LogP contribution in [0.5, 0.6) is 5.75 Å². The predicted octanol–water partition coefficient (Wildman–Crippen LogP) is 1.74. The van der Waals surface area contributed by atoms with E-state index in [4.69, 9.17) is 9.47 Å². The van der Waals surface area contributed by atoms with Crippen molar-refractivity contribution in [1.82, 2.24) is 4.90 Å². The first kappa shape index (κ1) is 19.9. The maximum absolute atomic E-state index is 12.4. The van der Waals surface area contributed by atoms with E-state index in [0.717, 1.165) is 25.7 Å². The third kappa shape index (κ3) is 4.49. The molecular formula is C20H24N2O6. The largest absolute Gasteiger partial charge is 0.497 e. The number of likely N-dealkylation sites (tertiary alicyclic amines) is 1. The Balaban J connectivity index is 1.41. The minimum atomic E-state index is -0.625. The van der Waals surface area contributed by atoms with Crippen LogP contribution in [0.1, 0.15) is 32.1 Å². The van der Waals surface area contributed by atoms with E-state index in [9.17, 15) is 19.2 Å². The quantitative estimate of drug-likeness (QED) is 0.564. The average Bonchev–Trinajstić information content (AvgIpc) is 2.96. The van der Waals surface area contributed by atoms with Crippen LogP contribution in [0.15, 0.2) is 24.3 Å². The van der Waals surface area contributed by atoms with Gasteiger partial charge in [0.15, 0.2) is 6.61 Å². The summed E-state index contributed by atoms with van der Waals surface area (Å²) in [5, 5.41) is 2.60. The van der Waals surface area contributed by atoms with Gasteiger partial charge in [0.1, 0.15) is 5.75 Å². The SMILES string of the molecule is COc1ccc(NC(=O)COC(=O)CCN2C(=O)[C@H]3CCCC[C@H]3C2=O)cc1. The summed E-state index contributed by atoms with van der Waals surface area (Å²) in [7, 11) is 1.55. The van der Waals surface area contributed by atoms with E-state index in [1.165, 1.54) is 4.90 Å². The van der Waals surface area contributed by atoms with Gasteiger partial charge in [0, 0.05) is 12.2 Å². The van der Waals surface area contributed by atoms with Crippen LogP contribution in [0, 0.1) is 11.8 Å². The van der Waals surface area contributed by atoms with Crippen molar-refractivity contribution in [3.63, 3.8) is 0 Å². The molecular weight excluding hydrogens is 364 g/mol. The molecule has 0 radical (unpaired) electrons. The molecule has 1 N–H and O–H groups in total. The fourth-order valence-electron chi connectivity index (χ4n) is 3.74. The molecule has 3 amide bonds. The number of carbonyl (C=O) groups is 4. The highest BCUT2D eigenvalue weighted by atomic mass is 16.5. The molecule has 2 aliphatic rings. The third-order valence-electron chi connectivity index (χ3n) is 5.21. The zero-order valence-electron chi connectivity index (χ0n) is 15.8. The maximum atomic E-state index is 12.4. The predicted molar refractivity (Wildman–Crippen MR) is 99.4 cm³/mol. The van der Waals surface area contributed by atoms with Gasteiger partial charge < -0.3 is 14.8 Å². The number of amides is 3. The molecule has 1 aromatic carbocycles. The summed E-state index contributed by atoms with van der Waals surface area (Å²) in [6.07, 6.45) is 3.27. The highest BCUT2D eigenvalue weighted by Crippen LogP contribution is 2.37. The second-order valence-electron chi connectivity index (χ2n) is 7.01. The average molecular weight is 388 g/mol. The Labute approximate surface area is 163 Å². The van der Waals surface area contributed by atoms with Crippen molar-refractivity contribution < 1.29 is 28.7 Å². The van der Waals surface area contributed by atoms with E-state index in [1.807, 2.05) is 0 Å². The van der Waals surface area contributed by atoms with Gasteiger partial charge in [-0.05, 0) is 37.1 Å². The van der Waals surface area contributed by atoms with E-state index in [0.29, 0.717) is 11.4 Å². The number of nitrogens with one attached hydrogen (secondary N) is 1. The van der Waals surface area contributed by atoms with Crippen molar-refractivity contribution in [3.8, 4) is 5.75 Å². The number of rotatable bonds is 7. The van der Waals surface area contributed by atoms with Crippen LogP contribution in [0.4, 0.5) is 5.69 Å². The van der Waals surface area contributed by atoms with Gasteiger partial charge >= 0.3 is 5.97 Å². The second kappa shape index (κ2) is 8.86. The van der Waals surface area contributed by atoms with Gasteiger partial charge in [-0.25, -0.2) is 0 Å². The van der Waals surface area contributed by atoms with Gasteiger partial charge in [-0.3, -0.25) is 24.1 Å². The van der Waals surface area contributed by atoms with Crippen molar-refractivity contribution in [2.75, 3.05) is 25.6 Å². The number of imide groups is 1. The van der Waals surface area contributed by atoms with E-state index >= 15 is 0 Å². The number of benzene rings is 1. The first-order valence-electron chi connectivity index (χ1n) is 9.44. The number of hydrogen-bond donors (Lipinski definition) is 1. The molecule has 0 bridgehead atoms. The Bertz CT molecular complexity index is 736. The van der Waals surface area contributed by atoms with Crippen LogP contribution >= 0.6 is 0 Å². The number of fused-ring (bicyclic) bond motifs is 1. The molecule has 2 fully saturated rings. The monoisotopic (exact) mass is 388 g/mol. The van der Waals surface area contributed by atoms with Crippen molar-refractivity contribution in [2.24, 2.45) is 11.8 Å². The maximum Gasteiger partial charge on any atom is 0.308 e. The molecule has 1 saturated carbocycles. The van der Waals surface area contributed by atoms with Crippen LogP contribution in [-0.2, 0) is 23.9 Å². The second-order valence-corrected chi connectivity index (χ2v) is 7.01. The number of nitrogens with zero attached hydrogens (tertiary/aromatic N) is 1. The lowest BCUT2D eigenvalue weighted by atomic mass is 9.81. The molecule has 1 aliphatic heterocycles. The van der Waals surface area contributed by atoms with Crippen molar-refractivity contribution in [3.05, 3.63) is 24.3 Å². The molecule has 0 spiro atoms. The van der Waals surface area contributed by atoms with E-state index in [2.05, 4.69) is 5.32 Å². The highest BCUT2D eigenvalue weighted by Gasteiger charge is 2.47. The lowest BCUT2D eigenvalue weighted by Crippen LogP contribution is -2.33. The Kier molecular flexibility index (Phi) is 6.28. The Morgan fingerprint density at radius 2 is 1.68 bits per heavy atom. The van der Waals surface area contributed by atoms with E-state index in [1.54, 1.807) is 31.4 Å². The zero-order valence-corrected chi connectivity index (χ0v) is 15.8. The minimum absolute atomic E-state index is 0.00357. The summed E-state index contributed by atoms with van der Waals surface area (Å²) in [5.74, 6) is -1.26. The molecule has 2 atom stereocenters. The lowest BCUT2D eigenvalue weighted by Gasteiger charge is -2.19. The van der Waals surface area contributed by atoms with E-state index in [-0.39, 0.29) is 36.6 Å². The first-order valence-corrected chi connectivity index (χ1v) is 9.44. The minimum Gasteiger partial charge on any atom is -0.497 e. The zero-order chi connectivity index (χ0) is 20.1. The number of anilines is 1. The molecule has 1 aliphatic carbocycles. The molecule has 8 nitrogen and oxygen atoms in total. The number of esters is 1. The molecule has 28 heavy (non-hydrogen) atoms. The summed E-state index contributed by atoms with van der Waals surface area (Å²) < 4.78 is 9.98. The van der Waals surface area contributed by atoms with E-state index < -0.39 is 18.5 Å². The van der Waals surface area contributed by atoms with Gasteiger partial charge in [-0.1, -0.05) is 12.8 Å². The molecule has 1 heterocycles. The fraction of sp³-hybridized carbons (Fsp3) is 0.500. The smallest absolute Gasteiger partial charge is 0.308 e. The van der Waals surface area contributed by atoms with Crippen molar-refractivity contribution in [2.45, 2.75) is 32.1 Å². The molecule has 3 rings (SSSR count). The van der Waals surface area contributed by atoms with Gasteiger partial charge in [0.05, 0.1) is 25.4 Å². The molecule has 1 saturated heterocycles. The van der Waals surface area contributed by atoms with Crippen LogP contribution < -0.4 is 10.1 Å².